The van der Waals surface area contributed by atoms with E-state index >= 15 is 0 Å². The lowest BCUT2D eigenvalue weighted by molar-refractivity contribution is -0.0359. The molecule has 2 unspecified atom stereocenters. The maximum absolute atomic E-state index is 12.1. The quantitative estimate of drug-likeness (QED) is 0.767. The Morgan fingerprint density at radius 3 is 2.48 bits per heavy atom. The molecule has 0 aliphatic carbocycles. The Hall–Kier alpha value is -0.910. The zero-order chi connectivity index (χ0) is 15.5. The molecular weight excluding hydrogens is 288 g/mol. The maximum atomic E-state index is 12.1. The number of hydrogen-bond donors (Lipinski definition) is 1. The highest BCUT2D eigenvalue weighted by atomic mass is 32.2. The fraction of sp³-hybridized carbons (Fsp3) is 0.625. The number of rotatable bonds is 7. The molecule has 0 bridgehead atoms. The third-order valence-electron chi connectivity index (χ3n) is 4.15. The van der Waals surface area contributed by atoms with Crippen molar-refractivity contribution in [3.8, 4) is 0 Å². The van der Waals surface area contributed by atoms with Gasteiger partial charge in [0.15, 0.2) is 0 Å². The summed E-state index contributed by atoms with van der Waals surface area (Å²) in [6, 6.07) is 7.37. The molecule has 2 atom stereocenters. The summed E-state index contributed by atoms with van der Waals surface area (Å²) in [5.74, 6) is 0. The van der Waals surface area contributed by atoms with E-state index in [1.54, 1.807) is 12.1 Å². The molecule has 0 aromatic heterocycles. The van der Waals surface area contributed by atoms with Crippen LogP contribution >= 0.6 is 0 Å². The normalized spacial score (nSPS) is 25.0. The van der Waals surface area contributed by atoms with Gasteiger partial charge in [0.25, 0.3) is 10.1 Å². The lowest BCUT2D eigenvalue weighted by atomic mass is 9.97. The van der Waals surface area contributed by atoms with Crippen molar-refractivity contribution in [1.29, 1.82) is 0 Å². The maximum Gasteiger partial charge on any atom is 0.299 e. The van der Waals surface area contributed by atoms with E-state index in [1.807, 2.05) is 19.1 Å². The average Bonchev–Trinajstić information content (AvgIpc) is 2.78. The SMILES string of the molecule is CCCCC1OC(CCCC)(S(=O)(=O)O)c2ccccc21. The van der Waals surface area contributed by atoms with Crippen LogP contribution in [-0.2, 0) is 19.8 Å². The van der Waals surface area contributed by atoms with Gasteiger partial charge in [-0.25, -0.2) is 0 Å². The summed E-state index contributed by atoms with van der Waals surface area (Å²) in [6.07, 6.45) is 4.35. The van der Waals surface area contributed by atoms with Gasteiger partial charge in [0, 0.05) is 5.56 Å². The molecule has 1 N–H and O–H groups in total. The number of fused-ring (bicyclic) bond motifs is 1. The largest absolute Gasteiger partial charge is 0.345 e. The lowest BCUT2D eigenvalue weighted by Gasteiger charge is -2.27. The third-order valence-corrected chi connectivity index (χ3v) is 5.50. The smallest absolute Gasteiger partial charge is 0.299 e. The Labute approximate surface area is 127 Å². The predicted octanol–water partition coefficient (Wildman–Crippen LogP) is 4.18. The summed E-state index contributed by atoms with van der Waals surface area (Å²) >= 11 is 0. The summed E-state index contributed by atoms with van der Waals surface area (Å²) in [5.41, 5.74) is 1.52. The molecule has 0 spiro atoms. The monoisotopic (exact) mass is 312 g/mol. The predicted molar refractivity (Wildman–Crippen MR) is 82.5 cm³/mol. The van der Waals surface area contributed by atoms with E-state index in [0.717, 1.165) is 31.2 Å². The fourth-order valence-electron chi connectivity index (χ4n) is 3.02. The number of benzene rings is 1. The standard InChI is InChI=1S/C16H24O4S/c1-3-5-11-15-13-9-7-8-10-14(13)16(20-15,12-6-4-2)21(17,18)19/h7-10,15H,3-6,11-12H2,1-2H3,(H,17,18,19). The third kappa shape index (κ3) is 3.00. The van der Waals surface area contributed by atoms with Crippen LogP contribution in [0.1, 0.15) is 69.6 Å². The van der Waals surface area contributed by atoms with E-state index in [0.29, 0.717) is 18.4 Å². The van der Waals surface area contributed by atoms with E-state index in [9.17, 15) is 13.0 Å². The van der Waals surface area contributed by atoms with Gasteiger partial charge in [-0.2, -0.15) is 8.42 Å². The highest BCUT2D eigenvalue weighted by Crippen LogP contribution is 2.50. The van der Waals surface area contributed by atoms with Crippen molar-refractivity contribution in [2.24, 2.45) is 0 Å². The molecule has 0 amide bonds. The molecule has 1 aliphatic heterocycles. The second-order valence-electron chi connectivity index (χ2n) is 5.67. The summed E-state index contributed by atoms with van der Waals surface area (Å²) in [7, 11) is -4.33. The van der Waals surface area contributed by atoms with Crippen LogP contribution in [0.25, 0.3) is 0 Å². The molecule has 1 aliphatic rings. The average molecular weight is 312 g/mol. The van der Waals surface area contributed by atoms with Crippen LogP contribution in [0.5, 0.6) is 0 Å². The van der Waals surface area contributed by atoms with Crippen LogP contribution in [0.2, 0.25) is 0 Å². The van der Waals surface area contributed by atoms with Gasteiger partial charge < -0.3 is 4.74 Å². The molecule has 1 aromatic carbocycles. The minimum Gasteiger partial charge on any atom is -0.345 e. The molecule has 1 aromatic rings. The number of ether oxygens (including phenoxy) is 1. The lowest BCUT2D eigenvalue weighted by Crippen LogP contribution is -2.35. The van der Waals surface area contributed by atoms with Gasteiger partial charge in [-0.05, 0) is 24.8 Å². The second-order valence-corrected chi connectivity index (χ2v) is 7.28. The Balaban J connectivity index is 2.47. The van der Waals surface area contributed by atoms with Crippen molar-refractivity contribution in [1.82, 2.24) is 0 Å². The molecule has 21 heavy (non-hydrogen) atoms. The fourth-order valence-corrected chi connectivity index (χ4v) is 4.12. The van der Waals surface area contributed by atoms with Crippen molar-refractivity contribution >= 4 is 10.1 Å². The van der Waals surface area contributed by atoms with Gasteiger partial charge in [-0.15, -0.1) is 0 Å². The second kappa shape index (κ2) is 6.46. The molecule has 118 valence electrons. The van der Waals surface area contributed by atoms with E-state index in [4.69, 9.17) is 4.74 Å². The van der Waals surface area contributed by atoms with Gasteiger partial charge in [-0.3, -0.25) is 4.55 Å². The number of unbranched alkanes of at least 4 members (excludes halogenated alkanes) is 2. The minimum atomic E-state index is -4.33. The first-order chi connectivity index (χ1) is 9.96. The molecule has 4 nitrogen and oxygen atoms in total. The first kappa shape index (κ1) is 16.5. The van der Waals surface area contributed by atoms with Crippen LogP contribution in [0.3, 0.4) is 0 Å². The molecule has 5 heteroatoms. The first-order valence-corrected chi connectivity index (χ1v) is 9.14. The Bertz CT molecular complexity index is 582. The van der Waals surface area contributed by atoms with Gasteiger partial charge in [0.2, 0.25) is 4.93 Å². The summed E-state index contributed by atoms with van der Waals surface area (Å²) in [6.45, 7) is 4.08. The van der Waals surface area contributed by atoms with Gasteiger partial charge in [-0.1, -0.05) is 57.4 Å². The van der Waals surface area contributed by atoms with E-state index in [2.05, 4.69) is 6.92 Å². The van der Waals surface area contributed by atoms with Crippen LogP contribution in [0.4, 0.5) is 0 Å². The Morgan fingerprint density at radius 1 is 1.19 bits per heavy atom. The van der Waals surface area contributed by atoms with Crippen molar-refractivity contribution < 1.29 is 17.7 Å². The van der Waals surface area contributed by atoms with Gasteiger partial charge in [0.1, 0.15) is 0 Å². The summed E-state index contributed by atoms with van der Waals surface area (Å²) in [5, 5.41) is 0. The molecule has 2 rings (SSSR count). The van der Waals surface area contributed by atoms with Crippen LogP contribution in [0.15, 0.2) is 24.3 Å². The molecule has 1 heterocycles. The van der Waals surface area contributed by atoms with Crippen molar-refractivity contribution in [2.75, 3.05) is 0 Å². The topological polar surface area (TPSA) is 63.6 Å². The highest BCUT2D eigenvalue weighted by Gasteiger charge is 2.53. The summed E-state index contributed by atoms with van der Waals surface area (Å²) in [4.78, 5) is -1.59. The molecule has 0 saturated carbocycles. The Kier molecular flexibility index (Phi) is 5.07. The molecular formula is C16H24O4S. The van der Waals surface area contributed by atoms with E-state index < -0.39 is 15.1 Å². The zero-order valence-electron chi connectivity index (χ0n) is 12.7. The van der Waals surface area contributed by atoms with Crippen LogP contribution in [0, 0.1) is 0 Å². The van der Waals surface area contributed by atoms with Crippen LogP contribution in [-0.4, -0.2) is 13.0 Å². The van der Waals surface area contributed by atoms with Crippen molar-refractivity contribution in [3.63, 3.8) is 0 Å². The van der Waals surface area contributed by atoms with Crippen molar-refractivity contribution in [3.05, 3.63) is 35.4 Å². The molecule has 0 saturated heterocycles. The van der Waals surface area contributed by atoms with E-state index in [-0.39, 0.29) is 6.10 Å². The van der Waals surface area contributed by atoms with E-state index in [1.165, 1.54) is 0 Å². The van der Waals surface area contributed by atoms with Gasteiger partial charge >= 0.3 is 0 Å². The Morgan fingerprint density at radius 2 is 1.86 bits per heavy atom. The van der Waals surface area contributed by atoms with Gasteiger partial charge in [0.05, 0.1) is 6.10 Å². The minimum absolute atomic E-state index is 0.250. The first-order valence-electron chi connectivity index (χ1n) is 7.70. The summed E-state index contributed by atoms with van der Waals surface area (Å²) < 4.78 is 39.9. The highest BCUT2D eigenvalue weighted by molar-refractivity contribution is 7.86. The van der Waals surface area contributed by atoms with Crippen molar-refractivity contribution in [2.45, 2.75) is 63.4 Å². The molecule has 0 radical (unpaired) electrons. The zero-order valence-corrected chi connectivity index (χ0v) is 13.5. The number of hydrogen-bond acceptors (Lipinski definition) is 3. The molecule has 0 fully saturated rings. The van der Waals surface area contributed by atoms with Crippen LogP contribution < -0.4 is 0 Å².